The van der Waals surface area contributed by atoms with Crippen molar-refractivity contribution in [2.45, 2.75) is 38.8 Å². The number of benzene rings is 2. The zero-order valence-corrected chi connectivity index (χ0v) is 19.3. The second kappa shape index (κ2) is 9.38. The van der Waals surface area contributed by atoms with Gasteiger partial charge < -0.3 is 19.9 Å². The summed E-state index contributed by atoms with van der Waals surface area (Å²) in [4.78, 5) is 25.4. The van der Waals surface area contributed by atoms with Crippen molar-refractivity contribution in [2.24, 2.45) is 0 Å². The number of hydrogen-bond acceptors (Lipinski definition) is 4. The van der Waals surface area contributed by atoms with Gasteiger partial charge in [0, 0.05) is 29.9 Å². The van der Waals surface area contributed by atoms with Crippen molar-refractivity contribution >= 4 is 12.2 Å². The SMILES string of the molecule is CC(C)(C)NC(=O)c1c(-c2ccc(Oc3c(F)cccc3F)cc2)cn(C2CCNC2)c1C=O. The van der Waals surface area contributed by atoms with Crippen molar-refractivity contribution in [2.75, 3.05) is 13.1 Å². The molecule has 8 heteroatoms. The maximum absolute atomic E-state index is 13.9. The number of halogens is 2. The highest BCUT2D eigenvalue weighted by Gasteiger charge is 2.29. The highest BCUT2D eigenvalue weighted by atomic mass is 19.1. The lowest BCUT2D eigenvalue weighted by Gasteiger charge is -2.21. The van der Waals surface area contributed by atoms with Crippen molar-refractivity contribution in [3.8, 4) is 22.6 Å². The molecule has 0 spiro atoms. The summed E-state index contributed by atoms with van der Waals surface area (Å²) in [5, 5.41) is 6.23. The first-order valence-electron chi connectivity index (χ1n) is 11.1. The summed E-state index contributed by atoms with van der Waals surface area (Å²) in [6.07, 6.45) is 3.39. The van der Waals surface area contributed by atoms with Gasteiger partial charge in [0.15, 0.2) is 23.7 Å². The average molecular weight is 468 g/mol. The molecule has 178 valence electrons. The lowest BCUT2D eigenvalue weighted by Crippen LogP contribution is -2.41. The van der Waals surface area contributed by atoms with Gasteiger partial charge in [-0.05, 0) is 63.6 Å². The van der Waals surface area contributed by atoms with Gasteiger partial charge >= 0.3 is 0 Å². The van der Waals surface area contributed by atoms with Crippen LogP contribution in [0.2, 0.25) is 0 Å². The average Bonchev–Trinajstić information content (AvgIpc) is 3.43. The van der Waals surface area contributed by atoms with Crippen molar-refractivity contribution in [3.05, 3.63) is 71.6 Å². The summed E-state index contributed by atoms with van der Waals surface area (Å²) in [5.74, 6) is -2.19. The van der Waals surface area contributed by atoms with Gasteiger partial charge in [0.1, 0.15) is 5.75 Å². The monoisotopic (exact) mass is 467 g/mol. The Morgan fingerprint density at radius 2 is 1.82 bits per heavy atom. The first kappa shape index (κ1) is 23.6. The van der Waals surface area contributed by atoms with Gasteiger partial charge in [0.05, 0.1) is 11.3 Å². The number of nitrogens with zero attached hydrogens (tertiary/aromatic N) is 1. The maximum atomic E-state index is 13.9. The molecular formula is C26H27F2N3O3. The van der Waals surface area contributed by atoms with Gasteiger partial charge in [-0.15, -0.1) is 0 Å². The van der Waals surface area contributed by atoms with Gasteiger partial charge in [-0.1, -0.05) is 18.2 Å². The molecule has 3 aromatic rings. The van der Waals surface area contributed by atoms with Crippen LogP contribution >= 0.6 is 0 Å². The summed E-state index contributed by atoms with van der Waals surface area (Å²) < 4.78 is 35.1. The highest BCUT2D eigenvalue weighted by Crippen LogP contribution is 2.34. The Morgan fingerprint density at radius 1 is 1.15 bits per heavy atom. The first-order valence-corrected chi connectivity index (χ1v) is 11.1. The van der Waals surface area contributed by atoms with E-state index in [1.807, 2.05) is 31.5 Å². The number of amides is 1. The molecule has 0 aliphatic carbocycles. The second-order valence-corrected chi connectivity index (χ2v) is 9.36. The summed E-state index contributed by atoms with van der Waals surface area (Å²) in [5.41, 5.74) is 1.39. The fourth-order valence-electron chi connectivity index (χ4n) is 4.10. The molecule has 2 N–H and O–H groups in total. The van der Waals surface area contributed by atoms with E-state index < -0.39 is 22.9 Å². The van der Waals surface area contributed by atoms with Gasteiger partial charge in [-0.25, -0.2) is 8.78 Å². The normalized spacial score (nSPS) is 15.9. The Balaban J connectivity index is 1.73. The van der Waals surface area contributed by atoms with Crippen LogP contribution in [-0.2, 0) is 0 Å². The van der Waals surface area contributed by atoms with E-state index in [1.165, 1.54) is 6.07 Å². The maximum Gasteiger partial charge on any atom is 0.254 e. The van der Waals surface area contributed by atoms with Gasteiger partial charge in [-0.2, -0.15) is 0 Å². The minimum atomic E-state index is -0.803. The quantitative estimate of drug-likeness (QED) is 0.495. The van der Waals surface area contributed by atoms with E-state index in [1.54, 1.807) is 24.3 Å². The van der Waals surface area contributed by atoms with Crippen molar-refractivity contribution in [1.29, 1.82) is 0 Å². The van der Waals surface area contributed by atoms with Crippen LogP contribution in [0.3, 0.4) is 0 Å². The van der Waals surface area contributed by atoms with Crippen LogP contribution in [0.25, 0.3) is 11.1 Å². The van der Waals surface area contributed by atoms with E-state index in [9.17, 15) is 18.4 Å². The van der Waals surface area contributed by atoms with Gasteiger partial charge in [0.2, 0.25) is 0 Å². The van der Waals surface area contributed by atoms with Crippen LogP contribution in [-0.4, -0.2) is 35.4 Å². The number of nitrogens with one attached hydrogen (secondary N) is 2. The molecule has 1 aliphatic heterocycles. The van der Waals surface area contributed by atoms with E-state index in [0.29, 0.717) is 28.9 Å². The first-order chi connectivity index (χ1) is 16.2. The Kier molecular flexibility index (Phi) is 6.52. The van der Waals surface area contributed by atoms with E-state index in [0.717, 1.165) is 31.4 Å². The lowest BCUT2D eigenvalue weighted by atomic mass is 10.0. The number of hydrogen-bond donors (Lipinski definition) is 2. The minimum Gasteiger partial charge on any atom is -0.451 e. The predicted octanol–water partition coefficient (Wildman–Crippen LogP) is 5.10. The summed E-state index contributed by atoms with van der Waals surface area (Å²) in [7, 11) is 0. The van der Waals surface area contributed by atoms with Crippen molar-refractivity contribution in [1.82, 2.24) is 15.2 Å². The molecule has 34 heavy (non-hydrogen) atoms. The smallest absolute Gasteiger partial charge is 0.254 e. The summed E-state index contributed by atoms with van der Waals surface area (Å²) in [6.45, 7) is 7.15. The van der Waals surface area contributed by atoms with E-state index in [2.05, 4.69) is 10.6 Å². The molecular weight excluding hydrogens is 440 g/mol. The molecule has 1 amide bonds. The molecule has 1 aromatic heterocycles. The van der Waals surface area contributed by atoms with Crippen LogP contribution < -0.4 is 15.4 Å². The van der Waals surface area contributed by atoms with Gasteiger partial charge in [-0.3, -0.25) is 9.59 Å². The Hall–Kier alpha value is -3.52. The zero-order valence-electron chi connectivity index (χ0n) is 19.3. The number of ether oxygens (including phenoxy) is 1. The molecule has 1 fully saturated rings. The molecule has 1 saturated heterocycles. The van der Waals surface area contributed by atoms with E-state index >= 15 is 0 Å². The highest BCUT2D eigenvalue weighted by molar-refractivity contribution is 6.07. The fraction of sp³-hybridized carbons (Fsp3) is 0.308. The number of rotatable bonds is 6. The molecule has 2 aromatic carbocycles. The largest absolute Gasteiger partial charge is 0.451 e. The zero-order chi connectivity index (χ0) is 24.5. The minimum absolute atomic E-state index is 0.0572. The molecule has 6 nitrogen and oxygen atoms in total. The second-order valence-electron chi connectivity index (χ2n) is 9.36. The molecule has 4 rings (SSSR count). The standard InChI is InChI=1S/C26H27F2N3O3/c1-26(2,3)30-25(33)23-19(14-31(22(23)15-32)17-11-12-29-13-17)16-7-9-18(10-8-16)34-24-20(27)5-4-6-21(24)28/h4-10,14-15,17,29H,11-13H2,1-3H3,(H,30,33). The molecule has 0 radical (unpaired) electrons. The van der Waals surface area contributed by atoms with Crippen LogP contribution in [0.1, 0.15) is 54.1 Å². The van der Waals surface area contributed by atoms with Crippen molar-refractivity contribution < 1.29 is 23.1 Å². The summed E-state index contributed by atoms with van der Waals surface area (Å²) in [6, 6.07) is 10.1. The Morgan fingerprint density at radius 3 is 2.38 bits per heavy atom. The number of carbonyl (C=O) groups is 2. The molecule has 1 aliphatic rings. The predicted molar refractivity (Wildman–Crippen MR) is 125 cm³/mol. The fourth-order valence-corrected chi connectivity index (χ4v) is 4.10. The van der Waals surface area contributed by atoms with E-state index in [4.69, 9.17) is 4.74 Å². The topological polar surface area (TPSA) is 72.4 Å². The van der Waals surface area contributed by atoms with Crippen LogP contribution in [0.15, 0.2) is 48.7 Å². The molecule has 1 unspecified atom stereocenters. The Labute approximate surface area is 196 Å². The third kappa shape index (κ3) is 4.87. The molecule has 2 heterocycles. The van der Waals surface area contributed by atoms with Gasteiger partial charge in [0.25, 0.3) is 5.91 Å². The van der Waals surface area contributed by atoms with Crippen LogP contribution in [0, 0.1) is 11.6 Å². The molecule has 1 atom stereocenters. The van der Waals surface area contributed by atoms with Crippen molar-refractivity contribution in [3.63, 3.8) is 0 Å². The molecule has 0 saturated carbocycles. The number of aldehydes is 1. The number of aromatic nitrogens is 1. The van der Waals surface area contributed by atoms with Crippen LogP contribution in [0.5, 0.6) is 11.5 Å². The van der Waals surface area contributed by atoms with Crippen LogP contribution in [0.4, 0.5) is 8.78 Å². The number of carbonyl (C=O) groups excluding carboxylic acids is 2. The lowest BCUT2D eigenvalue weighted by molar-refractivity contribution is 0.0914. The van der Waals surface area contributed by atoms with E-state index in [-0.39, 0.29) is 17.7 Å². The Bertz CT molecular complexity index is 1190. The molecule has 0 bridgehead atoms. The third-order valence-electron chi connectivity index (χ3n) is 5.63. The summed E-state index contributed by atoms with van der Waals surface area (Å²) >= 11 is 0. The third-order valence-corrected chi connectivity index (χ3v) is 5.63. The number of para-hydroxylation sites is 1.